The van der Waals surface area contributed by atoms with Gasteiger partial charge in [0.15, 0.2) is 5.82 Å². The molecule has 0 aliphatic rings. The molecule has 10 heteroatoms. The van der Waals surface area contributed by atoms with Gasteiger partial charge in [0.1, 0.15) is 9.96 Å². The number of nitrogens with zero attached hydrogens (tertiary/aromatic N) is 3. The molecule has 3 aromatic heterocycles. The number of ether oxygens (including phenoxy) is 1. The Labute approximate surface area is 170 Å². The molecule has 0 bridgehead atoms. The van der Waals surface area contributed by atoms with Crippen LogP contribution >= 0.6 is 22.9 Å². The summed E-state index contributed by atoms with van der Waals surface area (Å²) in [5.74, 6) is 1.51. The van der Waals surface area contributed by atoms with Crippen molar-refractivity contribution in [2.24, 2.45) is 0 Å². The Morgan fingerprint density at radius 2 is 1.71 bits per heavy atom. The van der Waals surface area contributed by atoms with Gasteiger partial charge in [-0.1, -0.05) is 11.6 Å². The van der Waals surface area contributed by atoms with E-state index in [1.165, 1.54) is 6.07 Å². The lowest BCUT2D eigenvalue weighted by atomic mass is 10.3. The Hall–Kier alpha value is -2.88. The number of nitrogens with one attached hydrogen (secondary N) is 1. The van der Waals surface area contributed by atoms with Crippen LogP contribution in [0.15, 0.2) is 77.3 Å². The second-order valence-electron chi connectivity index (χ2n) is 5.61. The van der Waals surface area contributed by atoms with Crippen LogP contribution in [0.4, 0.5) is 5.69 Å². The van der Waals surface area contributed by atoms with E-state index in [1.54, 1.807) is 42.5 Å². The Morgan fingerprint density at radius 1 is 0.964 bits per heavy atom. The highest BCUT2D eigenvalue weighted by molar-refractivity contribution is 7.94. The van der Waals surface area contributed by atoms with E-state index in [-0.39, 0.29) is 4.21 Å². The predicted molar refractivity (Wildman–Crippen MR) is 108 cm³/mol. The maximum Gasteiger partial charge on any atom is 0.271 e. The van der Waals surface area contributed by atoms with Crippen LogP contribution in [0.5, 0.6) is 11.6 Å². The zero-order valence-corrected chi connectivity index (χ0v) is 16.6. The minimum Gasteiger partial charge on any atom is -0.438 e. The van der Waals surface area contributed by atoms with Crippen LogP contribution in [-0.2, 0) is 10.0 Å². The molecule has 0 saturated carbocycles. The summed E-state index contributed by atoms with van der Waals surface area (Å²) in [6.45, 7) is 0. The van der Waals surface area contributed by atoms with Crippen molar-refractivity contribution < 1.29 is 13.2 Å². The van der Waals surface area contributed by atoms with Gasteiger partial charge in [-0.15, -0.1) is 21.5 Å². The lowest BCUT2D eigenvalue weighted by Crippen LogP contribution is -2.11. The van der Waals surface area contributed by atoms with Gasteiger partial charge in [0.05, 0.1) is 4.34 Å². The summed E-state index contributed by atoms with van der Waals surface area (Å²) >= 11 is 6.80. The molecule has 142 valence electrons. The van der Waals surface area contributed by atoms with Crippen LogP contribution in [0.1, 0.15) is 0 Å². The first kappa shape index (κ1) is 18.5. The van der Waals surface area contributed by atoms with E-state index < -0.39 is 10.0 Å². The Kier molecular flexibility index (Phi) is 5.03. The molecule has 0 radical (unpaired) electrons. The third-order valence-corrected chi connectivity index (χ3v) is 6.74. The maximum atomic E-state index is 12.3. The topological polar surface area (TPSA) is 86.1 Å². The number of rotatable bonds is 6. The SMILES string of the molecule is O=S(=O)(Nc1ccc(Oc2ccc(-n3cccc3)nn2)cc1)c1ccc(Cl)s1. The highest BCUT2D eigenvalue weighted by Gasteiger charge is 2.16. The first-order valence-electron chi connectivity index (χ1n) is 8.03. The molecule has 0 amide bonds. The fourth-order valence-corrected chi connectivity index (χ4v) is 4.89. The van der Waals surface area contributed by atoms with Crippen molar-refractivity contribution >= 4 is 38.6 Å². The van der Waals surface area contributed by atoms with E-state index >= 15 is 0 Å². The summed E-state index contributed by atoms with van der Waals surface area (Å²) in [6, 6.07) is 16.8. The van der Waals surface area contributed by atoms with Crippen LogP contribution in [-0.4, -0.2) is 23.2 Å². The van der Waals surface area contributed by atoms with E-state index in [0.29, 0.717) is 27.5 Å². The molecule has 0 unspecified atom stereocenters. The van der Waals surface area contributed by atoms with Gasteiger partial charge in [-0.05, 0) is 54.6 Å². The number of anilines is 1. The van der Waals surface area contributed by atoms with Crippen molar-refractivity contribution in [2.45, 2.75) is 4.21 Å². The molecule has 1 aromatic carbocycles. The fraction of sp³-hybridized carbons (Fsp3) is 0. The third kappa shape index (κ3) is 4.16. The lowest BCUT2D eigenvalue weighted by molar-refractivity contribution is 0.454. The molecule has 1 N–H and O–H groups in total. The number of hydrogen-bond acceptors (Lipinski definition) is 6. The van der Waals surface area contributed by atoms with Gasteiger partial charge in [-0.2, -0.15) is 0 Å². The molecule has 0 spiro atoms. The lowest BCUT2D eigenvalue weighted by Gasteiger charge is -2.08. The van der Waals surface area contributed by atoms with Crippen molar-refractivity contribution in [3.8, 4) is 17.4 Å². The van der Waals surface area contributed by atoms with Crippen molar-refractivity contribution in [1.29, 1.82) is 0 Å². The number of aromatic nitrogens is 3. The molecule has 0 fully saturated rings. The average Bonchev–Trinajstić information content (AvgIpc) is 3.36. The number of hydrogen-bond donors (Lipinski definition) is 1. The number of benzene rings is 1. The van der Waals surface area contributed by atoms with E-state index in [4.69, 9.17) is 16.3 Å². The van der Waals surface area contributed by atoms with Crippen LogP contribution in [0.25, 0.3) is 5.82 Å². The van der Waals surface area contributed by atoms with Crippen molar-refractivity contribution in [1.82, 2.24) is 14.8 Å². The largest absolute Gasteiger partial charge is 0.438 e. The molecular formula is C18H13ClN4O3S2. The summed E-state index contributed by atoms with van der Waals surface area (Å²) < 4.78 is 35.2. The highest BCUT2D eigenvalue weighted by atomic mass is 35.5. The Bertz CT molecular complexity index is 1170. The van der Waals surface area contributed by atoms with Crippen molar-refractivity contribution in [2.75, 3.05) is 4.72 Å². The molecule has 0 saturated heterocycles. The fourth-order valence-electron chi connectivity index (χ4n) is 2.35. The molecule has 4 rings (SSSR count). The van der Waals surface area contributed by atoms with Crippen LogP contribution in [0, 0.1) is 0 Å². The molecule has 3 heterocycles. The number of thiophene rings is 1. The monoisotopic (exact) mass is 432 g/mol. The van der Waals surface area contributed by atoms with E-state index in [0.717, 1.165) is 11.3 Å². The van der Waals surface area contributed by atoms with Crippen molar-refractivity contribution in [3.63, 3.8) is 0 Å². The van der Waals surface area contributed by atoms with Crippen LogP contribution < -0.4 is 9.46 Å². The van der Waals surface area contributed by atoms with Crippen molar-refractivity contribution in [3.05, 3.63) is 77.4 Å². The van der Waals surface area contributed by atoms with E-state index in [2.05, 4.69) is 14.9 Å². The second kappa shape index (κ2) is 7.63. The molecular weight excluding hydrogens is 420 g/mol. The zero-order chi connectivity index (χ0) is 19.6. The van der Waals surface area contributed by atoms with E-state index in [1.807, 2.05) is 29.1 Å². The van der Waals surface area contributed by atoms with Gasteiger partial charge < -0.3 is 9.30 Å². The van der Waals surface area contributed by atoms with E-state index in [9.17, 15) is 8.42 Å². The highest BCUT2D eigenvalue weighted by Crippen LogP contribution is 2.28. The van der Waals surface area contributed by atoms with Gasteiger partial charge >= 0.3 is 0 Å². The first-order chi connectivity index (χ1) is 13.5. The molecule has 0 atom stereocenters. The van der Waals surface area contributed by atoms with Crippen LogP contribution in [0.3, 0.4) is 0 Å². The normalized spacial score (nSPS) is 11.3. The average molecular weight is 433 g/mol. The maximum absolute atomic E-state index is 12.3. The molecule has 28 heavy (non-hydrogen) atoms. The molecule has 0 aliphatic carbocycles. The minimum atomic E-state index is -3.67. The van der Waals surface area contributed by atoms with Gasteiger partial charge in [0.2, 0.25) is 5.88 Å². The number of sulfonamides is 1. The third-order valence-electron chi connectivity index (χ3n) is 3.64. The Morgan fingerprint density at radius 3 is 2.32 bits per heavy atom. The summed E-state index contributed by atoms with van der Waals surface area (Å²) in [4.78, 5) is 0. The molecule has 7 nitrogen and oxygen atoms in total. The van der Waals surface area contributed by atoms with Crippen LogP contribution in [0.2, 0.25) is 4.34 Å². The first-order valence-corrected chi connectivity index (χ1v) is 10.7. The standard InChI is InChI=1S/C18H13ClN4O3S2/c19-15-7-10-18(27-15)28(24,25)22-13-3-5-14(6-4-13)26-17-9-8-16(20-21-17)23-11-1-2-12-23/h1-12,22H. The summed E-state index contributed by atoms with van der Waals surface area (Å²) in [7, 11) is -3.67. The quantitative estimate of drug-likeness (QED) is 0.482. The summed E-state index contributed by atoms with van der Waals surface area (Å²) in [5.41, 5.74) is 0.408. The van der Waals surface area contributed by atoms with Gasteiger partial charge in [-0.25, -0.2) is 8.42 Å². The molecule has 0 aliphatic heterocycles. The zero-order valence-electron chi connectivity index (χ0n) is 14.2. The Balaban J connectivity index is 1.43. The summed E-state index contributed by atoms with van der Waals surface area (Å²) in [5, 5.41) is 8.14. The van der Waals surface area contributed by atoms with Gasteiger partial charge in [0, 0.05) is 24.1 Å². The smallest absolute Gasteiger partial charge is 0.271 e. The number of halogens is 1. The minimum absolute atomic E-state index is 0.149. The molecule has 4 aromatic rings. The van der Waals surface area contributed by atoms with Gasteiger partial charge in [0.25, 0.3) is 10.0 Å². The second-order valence-corrected chi connectivity index (χ2v) is 9.23. The summed E-state index contributed by atoms with van der Waals surface area (Å²) in [6.07, 6.45) is 3.74. The predicted octanol–water partition coefficient (Wildman–Crippen LogP) is 4.58. The van der Waals surface area contributed by atoms with Gasteiger partial charge in [-0.3, -0.25) is 4.72 Å².